The van der Waals surface area contributed by atoms with Crippen molar-refractivity contribution in [2.24, 2.45) is 10.2 Å². The molecule has 2 aliphatic rings. The van der Waals surface area contributed by atoms with Crippen molar-refractivity contribution in [1.29, 1.82) is 0 Å². The van der Waals surface area contributed by atoms with Gasteiger partial charge in [-0.05, 0) is 12.1 Å². The summed E-state index contributed by atoms with van der Waals surface area (Å²) < 4.78 is 72.1. The van der Waals surface area contributed by atoms with Crippen molar-refractivity contribution < 1.29 is 60.8 Å². The number of carbonyl (C=O) groups is 4. The van der Waals surface area contributed by atoms with Crippen LogP contribution in [0, 0.1) is 0 Å². The molecule has 1 aromatic carbocycles. The van der Waals surface area contributed by atoms with E-state index in [-0.39, 0.29) is 11.3 Å². The lowest BCUT2D eigenvalue weighted by molar-refractivity contribution is -0.288. The molecule has 12 nitrogen and oxygen atoms in total. The van der Waals surface area contributed by atoms with Gasteiger partial charge in [0.1, 0.15) is 18.5 Å². The molecule has 5 atom stereocenters. The topological polar surface area (TPSA) is 148 Å². The van der Waals surface area contributed by atoms with E-state index in [9.17, 15) is 32.3 Å². The quantitative estimate of drug-likeness (QED) is 0.361. The second kappa shape index (κ2) is 10.7. The Morgan fingerprint density at radius 3 is 1.81 bits per heavy atom. The zero-order valence-electron chi connectivity index (χ0n) is 20.0. The van der Waals surface area contributed by atoms with Crippen LogP contribution in [0.25, 0.3) is 0 Å². The monoisotopic (exact) mass is 532 g/mol. The molecule has 1 saturated heterocycles. The molecule has 0 aliphatic carbocycles. The molecule has 0 saturated carbocycles. The van der Waals surface area contributed by atoms with Gasteiger partial charge in [0.25, 0.3) is 0 Å². The Morgan fingerprint density at radius 2 is 1.35 bits per heavy atom. The van der Waals surface area contributed by atoms with Crippen LogP contribution >= 0.6 is 0 Å². The predicted octanol–water partition coefficient (Wildman–Crippen LogP) is 2.33. The number of esters is 4. The summed E-state index contributed by atoms with van der Waals surface area (Å²) >= 11 is 0. The van der Waals surface area contributed by atoms with Crippen LogP contribution in [0.2, 0.25) is 0 Å². The fourth-order valence-electron chi connectivity index (χ4n) is 3.63. The Balaban J connectivity index is 1.92. The highest BCUT2D eigenvalue weighted by Gasteiger charge is 2.65. The van der Waals surface area contributed by atoms with Crippen molar-refractivity contribution in [2.75, 3.05) is 6.61 Å². The Morgan fingerprint density at radius 1 is 0.838 bits per heavy atom. The van der Waals surface area contributed by atoms with Gasteiger partial charge < -0.3 is 28.4 Å². The molecule has 0 amide bonds. The van der Waals surface area contributed by atoms with Crippen LogP contribution < -0.4 is 4.74 Å². The fraction of sp³-hybridized carbons (Fsp3) is 0.545. The van der Waals surface area contributed by atoms with E-state index in [1.54, 1.807) is 0 Å². The first-order chi connectivity index (χ1) is 17.2. The van der Waals surface area contributed by atoms with Crippen molar-refractivity contribution in [3.05, 3.63) is 29.8 Å². The van der Waals surface area contributed by atoms with E-state index in [0.29, 0.717) is 0 Å². The summed E-state index contributed by atoms with van der Waals surface area (Å²) in [6, 6.07) is 4.54. The summed E-state index contributed by atoms with van der Waals surface area (Å²) in [7, 11) is 0. The smallest absolute Gasteiger partial charge is 0.442 e. The minimum atomic E-state index is -4.73. The molecule has 3 rings (SSSR count). The largest absolute Gasteiger partial charge is 0.463 e. The highest BCUT2D eigenvalue weighted by Crippen LogP contribution is 2.52. The average molecular weight is 532 g/mol. The van der Waals surface area contributed by atoms with E-state index in [1.165, 1.54) is 12.1 Å². The van der Waals surface area contributed by atoms with Crippen molar-refractivity contribution >= 4 is 23.9 Å². The van der Waals surface area contributed by atoms with Crippen LogP contribution in [0.1, 0.15) is 33.3 Å². The number of ether oxygens (including phenoxy) is 6. The Hall–Kier alpha value is -3.75. The first-order valence-electron chi connectivity index (χ1n) is 10.8. The lowest BCUT2D eigenvalue weighted by atomic mass is 9.98. The number of nitrogens with zero attached hydrogens (tertiary/aromatic N) is 2. The Kier molecular flexibility index (Phi) is 8.05. The summed E-state index contributed by atoms with van der Waals surface area (Å²) in [5, 5.41) is 6.25. The third-order valence-electron chi connectivity index (χ3n) is 5.15. The maximum Gasteiger partial charge on any atom is 0.442 e. The number of carbonyl (C=O) groups excluding carboxylic acids is 4. The van der Waals surface area contributed by atoms with E-state index in [0.717, 1.165) is 39.8 Å². The molecular formula is C22H23F3N2O10. The Labute approximate surface area is 208 Å². The van der Waals surface area contributed by atoms with E-state index in [1.807, 2.05) is 0 Å². The summed E-state index contributed by atoms with van der Waals surface area (Å²) in [4.78, 5) is 46.8. The number of rotatable bonds is 8. The molecule has 2 heterocycles. The molecule has 2 aliphatic heterocycles. The number of hydrogen-bond donors (Lipinski definition) is 0. The van der Waals surface area contributed by atoms with Gasteiger partial charge >= 0.3 is 35.7 Å². The molecule has 1 fully saturated rings. The summed E-state index contributed by atoms with van der Waals surface area (Å²) in [6.45, 7) is 3.85. The lowest BCUT2D eigenvalue weighted by Crippen LogP contribution is -2.63. The predicted molar refractivity (Wildman–Crippen MR) is 112 cm³/mol. The maximum atomic E-state index is 13.3. The molecule has 202 valence electrons. The molecular weight excluding hydrogens is 509 g/mol. The molecule has 37 heavy (non-hydrogen) atoms. The summed E-state index contributed by atoms with van der Waals surface area (Å²) in [5.74, 6) is -3.19. The standard InChI is InChI=1S/C22H23F3N2O10/c1-10(28)32-9-16-17(33-11(2)29)18(34-12(3)30)19(35-13(4)31)20(37-16)36-15-7-5-14(6-8-15)21(26-27-21)22(23,24)25/h5-8,16-20H,9H2,1-4H3/t16-,17+,18+,19-,20+/m1/s1. The zero-order chi connectivity index (χ0) is 27.5. The van der Waals surface area contributed by atoms with Crippen LogP contribution in [0.3, 0.4) is 0 Å². The Bertz CT molecular complexity index is 1070. The van der Waals surface area contributed by atoms with Crippen LogP contribution in [-0.4, -0.2) is 67.4 Å². The van der Waals surface area contributed by atoms with Crippen LogP contribution in [0.5, 0.6) is 5.75 Å². The summed E-state index contributed by atoms with van der Waals surface area (Å²) in [5.41, 5.74) is -2.89. The third kappa shape index (κ3) is 6.53. The van der Waals surface area contributed by atoms with Crippen molar-refractivity contribution in [2.45, 2.75) is 70.2 Å². The van der Waals surface area contributed by atoms with Gasteiger partial charge in [0.05, 0.1) is 0 Å². The minimum absolute atomic E-state index is 0.0253. The van der Waals surface area contributed by atoms with Crippen LogP contribution in [0.15, 0.2) is 34.5 Å². The molecule has 15 heteroatoms. The van der Waals surface area contributed by atoms with Crippen molar-refractivity contribution in [3.8, 4) is 5.75 Å². The van der Waals surface area contributed by atoms with Gasteiger partial charge in [-0.2, -0.15) is 13.2 Å². The molecule has 1 aromatic rings. The van der Waals surface area contributed by atoms with Crippen LogP contribution in [-0.2, 0) is 48.5 Å². The lowest BCUT2D eigenvalue weighted by Gasteiger charge is -2.43. The van der Waals surface area contributed by atoms with Gasteiger partial charge in [-0.15, -0.1) is 10.2 Å². The van der Waals surface area contributed by atoms with Crippen LogP contribution in [0.4, 0.5) is 13.2 Å². The van der Waals surface area contributed by atoms with E-state index >= 15 is 0 Å². The number of benzene rings is 1. The molecule has 0 radical (unpaired) electrons. The van der Waals surface area contributed by atoms with Gasteiger partial charge in [0, 0.05) is 33.3 Å². The van der Waals surface area contributed by atoms with Gasteiger partial charge in [0.2, 0.25) is 12.4 Å². The zero-order valence-corrected chi connectivity index (χ0v) is 20.0. The van der Waals surface area contributed by atoms with E-state index in [4.69, 9.17) is 28.4 Å². The van der Waals surface area contributed by atoms with Gasteiger partial charge in [-0.25, -0.2) is 0 Å². The minimum Gasteiger partial charge on any atom is -0.463 e. The van der Waals surface area contributed by atoms with Crippen molar-refractivity contribution in [3.63, 3.8) is 0 Å². The second-order valence-electron chi connectivity index (χ2n) is 8.08. The van der Waals surface area contributed by atoms with Crippen molar-refractivity contribution in [1.82, 2.24) is 0 Å². The summed E-state index contributed by atoms with van der Waals surface area (Å²) in [6.07, 6.45) is -11.8. The highest BCUT2D eigenvalue weighted by atomic mass is 19.4. The fourth-order valence-corrected chi connectivity index (χ4v) is 3.63. The van der Waals surface area contributed by atoms with Gasteiger partial charge in [0.15, 0.2) is 12.2 Å². The molecule has 0 aromatic heterocycles. The SMILES string of the molecule is CC(=O)OC[C@H]1O[C@H](Oc2ccc(C3(C(F)(F)F)N=N3)cc2)[C@H](OC(C)=O)[C@@H](OC(C)=O)[C@H]1OC(C)=O. The first-order valence-corrected chi connectivity index (χ1v) is 10.8. The average Bonchev–Trinajstić information content (AvgIpc) is 3.58. The second-order valence-corrected chi connectivity index (χ2v) is 8.08. The maximum absolute atomic E-state index is 13.3. The van der Waals surface area contributed by atoms with E-state index in [2.05, 4.69) is 10.2 Å². The molecule has 0 unspecified atom stereocenters. The normalized spacial score (nSPS) is 26.0. The highest BCUT2D eigenvalue weighted by molar-refractivity contribution is 5.68. The number of halogens is 3. The number of hydrogen-bond acceptors (Lipinski definition) is 12. The molecule has 0 spiro atoms. The third-order valence-corrected chi connectivity index (χ3v) is 5.15. The first kappa shape index (κ1) is 27.8. The molecule has 0 N–H and O–H groups in total. The van der Waals surface area contributed by atoms with Gasteiger partial charge in [-0.3, -0.25) is 19.2 Å². The van der Waals surface area contributed by atoms with Gasteiger partial charge in [-0.1, -0.05) is 12.1 Å². The van der Waals surface area contributed by atoms with E-state index < -0.39 is 73.0 Å². The molecule has 0 bridgehead atoms. The number of alkyl halides is 3.